The van der Waals surface area contributed by atoms with Crippen LogP contribution in [0.4, 0.5) is 31.4 Å². The van der Waals surface area contributed by atoms with Gasteiger partial charge >= 0.3 is 18.3 Å². The number of aliphatic hydroxyl groups is 1. The van der Waals surface area contributed by atoms with Gasteiger partial charge in [0.25, 0.3) is 17.7 Å². The van der Waals surface area contributed by atoms with Gasteiger partial charge in [0.1, 0.15) is 31.9 Å². The molecular weight excluding hydrogens is 1220 g/mol. The number of nitrogens with zero attached hydrogens (tertiary/aromatic N) is 6. The van der Waals surface area contributed by atoms with Crippen molar-refractivity contribution in [1.82, 2.24) is 14.7 Å². The first-order chi connectivity index (χ1) is 45.5. The van der Waals surface area contributed by atoms with E-state index in [1.165, 1.54) is 61.4 Å². The SMILES string of the molecule is C=CCOC(=O)N1c2cc(C)c(C)cc2C(=O)N2CC[C@H](O)[C@H]2C1OC1CCCCO1.C=CCOC(=O)N1c2cc(OC)c(OC)cc2C(=O)N2CC[C@H](OCCCO[C@H]3CCN4C(=O)c5cc(OC)c(OC)cc5N(C(=O)OCC=C)C(OC5CCCCO5)C34)C2C1C. The molecule has 3 aromatic carbocycles. The third-order valence-corrected chi connectivity index (χ3v) is 18.4. The first-order valence-electron chi connectivity index (χ1n) is 32.2. The summed E-state index contributed by atoms with van der Waals surface area (Å²) in [6, 6.07) is 7.42. The van der Waals surface area contributed by atoms with Crippen molar-refractivity contribution >= 4 is 53.1 Å². The maximum Gasteiger partial charge on any atom is 0.416 e. The number of aliphatic hydroxyl groups excluding tert-OH is 1. The number of methoxy groups -OCH3 is 4. The van der Waals surface area contributed by atoms with Gasteiger partial charge in [0.2, 0.25) is 0 Å². The highest BCUT2D eigenvalue weighted by Crippen LogP contribution is 2.46. The molecule has 11 atom stereocenters. The van der Waals surface area contributed by atoms with E-state index in [9.17, 15) is 33.9 Å². The van der Waals surface area contributed by atoms with Crippen molar-refractivity contribution < 1.29 is 95.5 Å². The number of fused-ring (bicyclic) bond motifs is 6. The summed E-state index contributed by atoms with van der Waals surface area (Å²) in [6.45, 7) is 19.3. The van der Waals surface area contributed by atoms with E-state index in [2.05, 4.69) is 19.7 Å². The molecule has 510 valence electrons. The zero-order valence-electron chi connectivity index (χ0n) is 54.7. The lowest BCUT2D eigenvalue weighted by atomic mass is 10.0. The number of carbonyl (C=O) groups is 6. The molecule has 0 bridgehead atoms. The molecule has 5 saturated heterocycles. The Labute approximate surface area is 547 Å². The van der Waals surface area contributed by atoms with Crippen molar-refractivity contribution in [3.05, 3.63) is 102 Å². The highest BCUT2D eigenvalue weighted by atomic mass is 16.7. The molecule has 0 spiro atoms. The first-order valence-corrected chi connectivity index (χ1v) is 32.2. The van der Waals surface area contributed by atoms with Crippen LogP contribution >= 0.6 is 0 Å². The Hall–Kier alpha value is -7.98. The third kappa shape index (κ3) is 14.0. The number of carbonyl (C=O) groups excluding carboxylic acids is 6. The Morgan fingerprint density at radius 2 is 0.915 bits per heavy atom. The summed E-state index contributed by atoms with van der Waals surface area (Å²) in [5, 5.41) is 10.8. The highest BCUT2D eigenvalue weighted by molar-refractivity contribution is 6.08. The fraction of sp³-hybridized carbons (Fsp3) is 0.559. The van der Waals surface area contributed by atoms with Crippen LogP contribution in [0.25, 0.3) is 0 Å². The quantitative estimate of drug-likeness (QED) is 0.0632. The molecule has 11 rings (SSSR count). The van der Waals surface area contributed by atoms with Crippen molar-refractivity contribution in [1.29, 1.82) is 0 Å². The zero-order chi connectivity index (χ0) is 66.9. The van der Waals surface area contributed by atoms with E-state index in [-0.39, 0.29) is 67.6 Å². The second-order valence-corrected chi connectivity index (χ2v) is 24.1. The summed E-state index contributed by atoms with van der Waals surface area (Å²) in [7, 11) is 5.92. The van der Waals surface area contributed by atoms with Gasteiger partial charge in [0.05, 0.1) is 92.6 Å². The molecule has 7 unspecified atom stereocenters. The topological polar surface area (TPSA) is 262 Å². The van der Waals surface area contributed by atoms with Gasteiger partial charge in [-0.2, -0.15) is 0 Å². The Balaban J connectivity index is 0.000000259. The van der Waals surface area contributed by atoms with Gasteiger partial charge in [0, 0.05) is 58.2 Å². The Morgan fingerprint density at radius 3 is 1.38 bits per heavy atom. The van der Waals surface area contributed by atoms with Gasteiger partial charge in [0.15, 0.2) is 48.0 Å². The standard InChI is InChI=1S/C45H58N4O14.C23H30N2O6/c1-8-18-61-44(52)48-27(3)39-32(14-16-46(39)41(50)28-23-34(54-4)36(56-6)25-30(28)48)58-21-12-22-59-33-15-17-47-40(33)43(63-38-13-10-11-20-60-38)49(45(53)62-19-9-2)31-26-37(57-7)35(55-5)24-29(31)42(47)51;1-4-10-30-23(28)25-17-13-15(3)14(2)12-16(17)21(27)24-9-8-18(26)20(24)22(25)31-19-7-5-6-11-29-19/h8-9,23-27,32-33,38-40,43H,1-2,10-22H2,3-7H3;4,12-13,18-20,22,26H,1,5-11H2,2-3H3/t27?,32-,33-,38?,39?,40?,43?;18-,19?,20-,22?/m00/s1. The van der Waals surface area contributed by atoms with Crippen molar-refractivity contribution in [2.24, 2.45) is 0 Å². The number of hydrogen-bond donors (Lipinski definition) is 1. The minimum Gasteiger partial charge on any atom is -0.493 e. The zero-order valence-corrected chi connectivity index (χ0v) is 54.7. The highest BCUT2D eigenvalue weighted by Gasteiger charge is 2.55. The molecule has 8 aliphatic rings. The Bertz CT molecular complexity index is 3280. The average Bonchev–Trinajstić information content (AvgIpc) is 1.60. The van der Waals surface area contributed by atoms with Crippen LogP contribution in [0.3, 0.4) is 0 Å². The molecule has 0 saturated carbocycles. The molecule has 0 aliphatic carbocycles. The average molecular weight is 1310 g/mol. The van der Waals surface area contributed by atoms with Gasteiger partial charge in [-0.05, 0) is 120 Å². The summed E-state index contributed by atoms with van der Waals surface area (Å²) in [5.41, 5.74) is 3.76. The molecule has 5 fully saturated rings. The smallest absolute Gasteiger partial charge is 0.416 e. The third-order valence-electron chi connectivity index (χ3n) is 18.4. The summed E-state index contributed by atoms with van der Waals surface area (Å²) >= 11 is 0. The normalized spacial score (nSPS) is 26.1. The van der Waals surface area contributed by atoms with E-state index in [4.69, 9.17) is 61.6 Å². The monoisotopic (exact) mass is 1310 g/mol. The molecule has 8 aliphatic heterocycles. The minimum absolute atomic E-state index is 0.0181. The van der Waals surface area contributed by atoms with Crippen LogP contribution in [0, 0.1) is 13.8 Å². The van der Waals surface area contributed by atoms with E-state index < -0.39 is 85.8 Å². The van der Waals surface area contributed by atoms with Gasteiger partial charge in [-0.1, -0.05) is 38.0 Å². The number of rotatable bonds is 20. The largest absolute Gasteiger partial charge is 0.493 e. The predicted molar refractivity (Wildman–Crippen MR) is 342 cm³/mol. The van der Waals surface area contributed by atoms with Crippen LogP contribution in [-0.2, 0) is 42.6 Å². The van der Waals surface area contributed by atoms with E-state index in [0.29, 0.717) is 111 Å². The minimum atomic E-state index is -1.07. The number of benzene rings is 3. The molecule has 26 heteroatoms. The molecule has 3 aromatic rings. The molecule has 26 nitrogen and oxygen atoms in total. The molecule has 1 N–H and O–H groups in total. The van der Waals surface area contributed by atoms with Crippen LogP contribution in [0.1, 0.15) is 113 Å². The Morgan fingerprint density at radius 1 is 0.521 bits per heavy atom. The van der Waals surface area contributed by atoms with Crippen molar-refractivity contribution in [3.63, 3.8) is 0 Å². The lowest BCUT2D eigenvalue weighted by molar-refractivity contribution is -0.201. The fourth-order valence-electron chi connectivity index (χ4n) is 13.8. The number of hydrogen-bond acceptors (Lipinski definition) is 20. The predicted octanol–water partition coefficient (Wildman–Crippen LogP) is 8.44. The van der Waals surface area contributed by atoms with Crippen molar-refractivity contribution in [2.75, 3.05) is 109 Å². The van der Waals surface area contributed by atoms with Crippen LogP contribution in [-0.4, -0.2) is 218 Å². The number of anilines is 3. The van der Waals surface area contributed by atoms with Crippen molar-refractivity contribution in [3.8, 4) is 23.0 Å². The summed E-state index contributed by atoms with van der Waals surface area (Å²) in [4.78, 5) is 92.5. The molecular formula is C68H88N6O20. The van der Waals surface area contributed by atoms with E-state index >= 15 is 0 Å². The number of aryl methyl sites for hydroxylation is 2. The van der Waals surface area contributed by atoms with Gasteiger partial charge < -0.3 is 81.4 Å². The van der Waals surface area contributed by atoms with E-state index in [1.54, 1.807) is 45.0 Å². The molecule has 8 heterocycles. The number of amides is 6. The first kappa shape index (κ1) is 68.9. The van der Waals surface area contributed by atoms with Crippen LogP contribution in [0.2, 0.25) is 0 Å². The van der Waals surface area contributed by atoms with Crippen LogP contribution in [0.15, 0.2) is 74.4 Å². The van der Waals surface area contributed by atoms with Crippen LogP contribution < -0.4 is 33.6 Å². The lowest BCUT2D eigenvalue weighted by Gasteiger charge is -2.39. The van der Waals surface area contributed by atoms with Gasteiger partial charge in [-0.25, -0.2) is 24.2 Å². The van der Waals surface area contributed by atoms with Gasteiger partial charge in [-0.3, -0.25) is 19.3 Å². The van der Waals surface area contributed by atoms with Crippen LogP contribution in [0.5, 0.6) is 23.0 Å². The molecule has 0 radical (unpaired) electrons. The second-order valence-electron chi connectivity index (χ2n) is 24.1. The fourth-order valence-corrected chi connectivity index (χ4v) is 13.8. The summed E-state index contributed by atoms with van der Waals surface area (Å²) in [5.74, 6) is 0.519. The molecule has 94 heavy (non-hydrogen) atoms. The maximum atomic E-state index is 14.5. The number of ether oxygens (including phenoxy) is 13. The molecule has 0 aromatic heterocycles. The lowest BCUT2D eigenvalue weighted by Crippen LogP contribution is -2.57. The summed E-state index contributed by atoms with van der Waals surface area (Å²) < 4.78 is 76.7. The maximum absolute atomic E-state index is 14.5. The summed E-state index contributed by atoms with van der Waals surface area (Å²) in [6.07, 6.45) is 4.21. The Kier molecular flexibility index (Phi) is 22.8. The second kappa shape index (κ2) is 31.1. The molecule has 6 amide bonds. The van der Waals surface area contributed by atoms with Crippen molar-refractivity contribution in [2.45, 2.75) is 152 Å². The van der Waals surface area contributed by atoms with Gasteiger partial charge in [-0.15, -0.1) is 0 Å². The van der Waals surface area contributed by atoms with E-state index in [0.717, 1.165) is 36.8 Å². The van der Waals surface area contributed by atoms with E-state index in [1.807, 2.05) is 26.8 Å².